The SMILES string of the molecule is CCOc1cccc(N)c1C(=O)OCc1nc(C)c(C)s1. The van der Waals surface area contributed by atoms with Crippen molar-refractivity contribution >= 4 is 23.0 Å². The molecule has 1 aromatic carbocycles. The molecule has 0 saturated heterocycles. The average Bonchev–Trinajstić information content (AvgIpc) is 2.76. The van der Waals surface area contributed by atoms with Gasteiger partial charge in [0, 0.05) is 10.6 Å². The molecule has 2 aromatic rings. The van der Waals surface area contributed by atoms with Crippen molar-refractivity contribution in [2.45, 2.75) is 27.4 Å². The molecule has 0 saturated carbocycles. The lowest BCUT2D eigenvalue weighted by Gasteiger charge is -2.11. The highest BCUT2D eigenvalue weighted by Gasteiger charge is 2.18. The van der Waals surface area contributed by atoms with Crippen LogP contribution in [0.4, 0.5) is 5.69 Å². The van der Waals surface area contributed by atoms with Gasteiger partial charge in [0.2, 0.25) is 0 Å². The van der Waals surface area contributed by atoms with E-state index in [9.17, 15) is 4.79 Å². The topological polar surface area (TPSA) is 74.4 Å². The van der Waals surface area contributed by atoms with Crippen molar-refractivity contribution in [2.75, 3.05) is 12.3 Å². The van der Waals surface area contributed by atoms with Gasteiger partial charge in [-0.1, -0.05) is 6.07 Å². The van der Waals surface area contributed by atoms with E-state index in [1.54, 1.807) is 18.2 Å². The Morgan fingerprint density at radius 3 is 2.76 bits per heavy atom. The van der Waals surface area contributed by atoms with Crippen LogP contribution >= 0.6 is 11.3 Å². The van der Waals surface area contributed by atoms with Crippen molar-refractivity contribution in [2.24, 2.45) is 0 Å². The fourth-order valence-electron chi connectivity index (χ4n) is 1.84. The van der Waals surface area contributed by atoms with Crippen LogP contribution < -0.4 is 10.5 Å². The molecule has 0 unspecified atom stereocenters. The van der Waals surface area contributed by atoms with Gasteiger partial charge >= 0.3 is 5.97 Å². The molecule has 112 valence electrons. The summed E-state index contributed by atoms with van der Waals surface area (Å²) in [7, 11) is 0. The molecule has 0 aliphatic heterocycles. The monoisotopic (exact) mass is 306 g/mol. The number of hydrogen-bond acceptors (Lipinski definition) is 6. The summed E-state index contributed by atoms with van der Waals surface area (Å²) in [5.41, 5.74) is 7.43. The molecule has 0 aliphatic rings. The summed E-state index contributed by atoms with van der Waals surface area (Å²) in [5.74, 6) is -0.0592. The molecular weight excluding hydrogens is 288 g/mol. The van der Waals surface area contributed by atoms with E-state index in [1.807, 2.05) is 20.8 Å². The number of aromatic nitrogens is 1. The number of carbonyl (C=O) groups is 1. The molecule has 6 heteroatoms. The third-order valence-electron chi connectivity index (χ3n) is 2.96. The molecular formula is C15H18N2O3S. The molecule has 0 amide bonds. The molecule has 0 aliphatic carbocycles. The van der Waals surface area contributed by atoms with E-state index < -0.39 is 5.97 Å². The Hall–Kier alpha value is -2.08. The molecule has 0 radical (unpaired) electrons. The van der Waals surface area contributed by atoms with Crippen LogP contribution in [0.1, 0.15) is 32.9 Å². The molecule has 1 heterocycles. The van der Waals surface area contributed by atoms with E-state index in [0.29, 0.717) is 18.0 Å². The summed E-state index contributed by atoms with van der Waals surface area (Å²) in [6, 6.07) is 5.09. The second-order valence-electron chi connectivity index (χ2n) is 4.48. The van der Waals surface area contributed by atoms with Crippen LogP contribution in [0.3, 0.4) is 0 Å². The van der Waals surface area contributed by atoms with Gasteiger partial charge in [0.25, 0.3) is 0 Å². The van der Waals surface area contributed by atoms with E-state index in [2.05, 4.69) is 4.98 Å². The molecule has 5 nitrogen and oxygen atoms in total. The van der Waals surface area contributed by atoms with Gasteiger partial charge in [0.05, 0.1) is 12.3 Å². The average molecular weight is 306 g/mol. The molecule has 21 heavy (non-hydrogen) atoms. The summed E-state index contributed by atoms with van der Waals surface area (Å²) in [4.78, 5) is 17.7. The predicted molar refractivity (Wildman–Crippen MR) is 82.7 cm³/mol. The van der Waals surface area contributed by atoms with Crippen molar-refractivity contribution in [1.29, 1.82) is 0 Å². The number of esters is 1. The highest BCUT2D eigenvalue weighted by molar-refractivity contribution is 7.11. The number of anilines is 1. The summed E-state index contributed by atoms with van der Waals surface area (Å²) in [6.45, 7) is 6.35. The van der Waals surface area contributed by atoms with Gasteiger partial charge in [-0.25, -0.2) is 9.78 Å². The smallest absolute Gasteiger partial charge is 0.344 e. The lowest BCUT2D eigenvalue weighted by molar-refractivity contribution is 0.0469. The van der Waals surface area contributed by atoms with Gasteiger partial charge in [0.15, 0.2) is 0 Å². The standard InChI is InChI=1S/C15H18N2O3S/c1-4-19-12-7-5-6-11(16)14(12)15(18)20-8-13-17-9(2)10(3)21-13/h5-7H,4,8,16H2,1-3H3. The number of nitrogens with zero attached hydrogens (tertiary/aromatic N) is 1. The van der Waals surface area contributed by atoms with Crippen LogP contribution in [0.15, 0.2) is 18.2 Å². The lowest BCUT2D eigenvalue weighted by Crippen LogP contribution is -2.11. The lowest BCUT2D eigenvalue weighted by atomic mass is 10.1. The van der Waals surface area contributed by atoms with E-state index in [-0.39, 0.29) is 12.2 Å². The van der Waals surface area contributed by atoms with Crippen LogP contribution in [0.25, 0.3) is 0 Å². The molecule has 0 spiro atoms. The van der Waals surface area contributed by atoms with Gasteiger partial charge in [0.1, 0.15) is 22.9 Å². The highest BCUT2D eigenvalue weighted by Crippen LogP contribution is 2.26. The number of nitrogens with two attached hydrogens (primary N) is 1. The van der Waals surface area contributed by atoms with Crippen LogP contribution in [0, 0.1) is 13.8 Å². The first-order valence-corrected chi connectivity index (χ1v) is 7.46. The Balaban J connectivity index is 2.13. The Labute approximate surface area is 127 Å². The van der Waals surface area contributed by atoms with Crippen molar-refractivity contribution < 1.29 is 14.3 Å². The third-order valence-corrected chi connectivity index (χ3v) is 4.01. The van der Waals surface area contributed by atoms with Crippen molar-refractivity contribution in [1.82, 2.24) is 4.98 Å². The number of thiazole rings is 1. The third kappa shape index (κ3) is 3.52. The fourth-order valence-corrected chi connectivity index (χ4v) is 2.69. The van der Waals surface area contributed by atoms with Crippen molar-refractivity contribution in [3.8, 4) is 5.75 Å². The largest absolute Gasteiger partial charge is 0.493 e. The molecule has 0 bridgehead atoms. The number of carbonyl (C=O) groups excluding carboxylic acids is 1. The Kier molecular flexibility index (Phi) is 4.80. The number of ether oxygens (including phenoxy) is 2. The first-order valence-electron chi connectivity index (χ1n) is 6.64. The maximum absolute atomic E-state index is 12.2. The minimum absolute atomic E-state index is 0.137. The van der Waals surface area contributed by atoms with Crippen molar-refractivity contribution in [3.05, 3.63) is 39.3 Å². The molecule has 0 fully saturated rings. The molecule has 2 N–H and O–H groups in total. The van der Waals surface area contributed by atoms with Crippen LogP contribution in [0.5, 0.6) is 5.75 Å². The zero-order valence-corrected chi connectivity index (χ0v) is 13.1. The zero-order chi connectivity index (χ0) is 15.4. The Morgan fingerprint density at radius 1 is 1.38 bits per heavy atom. The van der Waals surface area contributed by atoms with E-state index >= 15 is 0 Å². The maximum Gasteiger partial charge on any atom is 0.344 e. The van der Waals surface area contributed by atoms with Gasteiger partial charge in [-0.15, -0.1) is 11.3 Å². The van der Waals surface area contributed by atoms with Gasteiger partial charge < -0.3 is 15.2 Å². The summed E-state index contributed by atoms with van der Waals surface area (Å²) in [5, 5.41) is 0.769. The first kappa shape index (κ1) is 15.3. The predicted octanol–water partition coefficient (Wildman–Crippen LogP) is 3.10. The highest BCUT2D eigenvalue weighted by atomic mass is 32.1. The quantitative estimate of drug-likeness (QED) is 0.678. The zero-order valence-electron chi connectivity index (χ0n) is 12.3. The molecule has 0 atom stereocenters. The summed E-state index contributed by atoms with van der Waals surface area (Å²) >= 11 is 1.52. The summed E-state index contributed by atoms with van der Waals surface area (Å²) < 4.78 is 10.7. The number of hydrogen-bond donors (Lipinski definition) is 1. The number of aryl methyl sites for hydroxylation is 2. The Morgan fingerprint density at radius 2 is 2.14 bits per heavy atom. The van der Waals surface area contributed by atoms with Crippen molar-refractivity contribution in [3.63, 3.8) is 0 Å². The number of benzene rings is 1. The van der Waals surface area contributed by atoms with E-state index in [0.717, 1.165) is 15.6 Å². The van der Waals surface area contributed by atoms with Gasteiger partial charge in [-0.05, 0) is 32.9 Å². The van der Waals surface area contributed by atoms with Gasteiger partial charge in [-0.2, -0.15) is 0 Å². The van der Waals surface area contributed by atoms with Gasteiger partial charge in [-0.3, -0.25) is 0 Å². The van der Waals surface area contributed by atoms with Crippen LogP contribution in [-0.2, 0) is 11.3 Å². The Bertz CT molecular complexity index is 633. The molecule has 1 aromatic heterocycles. The minimum Gasteiger partial charge on any atom is -0.493 e. The number of nitrogen functional groups attached to an aromatic ring is 1. The molecule has 2 rings (SSSR count). The summed E-state index contributed by atoms with van der Waals surface area (Å²) in [6.07, 6.45) is 0. The van der Waals surface area contributed by atoms with Crippen LogP contribution in [0.2, 0.25) is 0 Å². The first-order chi connectivity index (χ1) is 10.0. The van der Waals surface area contributed by atoms with E-state index in [1.165, 1.54) is 11.3 Å². The normalized spacial score (nSPS) is 10.4. The second-order valence-corrected chi connectivity index (χ2v) is 5.77. The minimum atomic E-state index is -0.498. The maximum atomic E-state index is 12.2. The van der Waals surface area contributed by atoms with E-state index in [4.69, 9.17) is 15.2 Å². The fraction of sp³-hybridized carbons (Fsp3) is 0.333. The second kappa shape index (κ2) is 6.58. The number of rotatable bonds is 5. The van der Waals surface area contributed by atoms with Crippen LogP contribution in [-0.4, -0.2) is 17.6 Å².